The number of nitrogens with one attached hydrogen (secondary N) is 2. The monoisotopic (exact) mass is 406 g/mol. The van der Waals surface area contributed by atoms with Crippen LogP contribution < -0.4 is 15.4 Å². The maximum absolute atomic E-state index is 13.0. The summed E-state index contributed by atoms with van der Waals surface area (Å²) in [6, 6.07) is 18.6. The summed E-state index contributed by atoms with van der Waals surface area (Å²) in [4.78, 5) is 36.1. The van der Waals surface area contributed by atoms with Crippen molar-refractivity contribution in [1.29, 1.82) is 0 Å². The van der Waals surface area contributed by atoms with E-state index in [1.54, 1.807) is 54.6 Å². The predicted octanol–water partition coefficient (Wildman–Crippen LogP) is 4.18. The van der Waals surface area contributed by atoms with Crippen molar-refractivity contribution in [3.8, 4) is 5.75 Å². The number of amides is 2. The van der Waals surface area contributed by atoms with Crippen LogP contribution in [0.2, 0.25) is 0 Å². The first-order valence-corrected chi connectivity index (χ1v) is 9.14. The van der Waals surface area contributed by atoms with E-state index in [1.165, 1.54) is 25.1 Å². The molecular formula is C23H19FN2O4. The van der Waals surface area contributed by atoms with Crippen LogP contribution in [0, 0.1) is 5.82 Å². The van der Waals surface area contributed by atoms with Gasteiger partial charge in [-0.25, -0.2) is 4.39 Å². The highest BCUT2D eigenvalue weighted by molar-refractivity contribution is 6.07. The molecule has 0 radical (unpaired) electrons. The van der Waals surface area contributed by atoms with E-state index >= 15 is 0 Å². The van der Waals surface area contributed by atoms with E-state index < -0.39 is 11.9 Å². The van der Waals surface area contributed by atoms with Crippen LogP contribution in [0.25, 0.3) is 0 Å². The molecule has 0 saturated heterocycles. The normalized spacial score (nSPS) is 10.2. The van der Waals surface area contributed by atoms with Crippen molar-refractivity contribution >= 4 is 29.2 Å². The minimum atomic E-state index is -0.484. The van der Waals surface area contributed by atoms with E-state index in [1.807, 2.05) is 0 Å². The second kappa shape index (κ2) is 9.47. The first kappa shape index (κ1) is 20.7. The van der Waals surface area contributed by atoms with E-state index in [-0.39, 0.29) is 23.9 Å². The minimum Gasteiger partial charge on any atom is -0.427 e. The van der Waals surface area contributed by atoms with Crippen LogP contribution in [0.4, 0.5) is 15.8 Å². The molecule has 0 unspecified atom stereocenters. The second-order valence-corrected chi connectivity index (χ2v) is 6.47. The summed E-state index contributed by atoms with van der Waals surface area (Å²) >= 11 is 0. The first-order chi connectivity index (χ1) is 14.4. The van der Waals surface area contributed by atoms with Gasteiger partial charge in [-0.2, -0.15) is 0 Å². The van der Waals surface area contributed by atoms with Crippen molar-refractivity contribution in [2.24, 2.45) is 0 Å². The topological polar surface area (TPSA) is 84.5 Å². The van der Waals surface area contributed by atoms with Gasteiger partial charge < -0.3 is 15.4 Å². The average Bonchev–Trinajstić information content (AvgIpc) is 2.71. The van der Waals surface area contributed by atoms with E-state index in [9.17, 15) is 18.8 Å². The Balaban J connectivity index is 1.70. The Morgan fingerprint density at radius 2 is 1.53 bits per heavy atom. The molecule has 2 N–H and O–H groups in total. The molecule has 0 spiro atoms. The molecule has 152 valence electrons. The molecule has 3 aromatic carbocycles. The number of benzene rings is 3. The van der Waals surface area contributed by atoms with Crippen LogP contribution in [0.1, 0.15) is 22.8 Å². The van der Waals surface area contributed by atoms with Crippen molar-refractivity contribution in [3.05, 3.63) is 89.7 Å². The number of esters is 1. The molecule has 3 rings (SSSR count). The molecule has 0 aliphatic rings. The molecule has 0 aliphatic carbocycles. The summed E-state index contributed by atoms with van der Waals surface area (Å²) in [5.41, 5.74) is 1.79. The molecule has 6 nitrogen and oxygen atoms in total. The summed E-state index contributed by atoms with van der Waals surface area (Å²) in [7, 11) is 0. The minimum absolute atomic E-state index is 0.0625. The summed E-state index contributed by atoms with van der Waals surface area (Å²) in [6.07, 6.45) is 0.0625. The van der Waals surface area contributed by atoms with Gasteiger partial charge in [-0.1, -0.05) is 30.3 Å². The Hall–Kier alpha value is -4.00. The molecule has 3 aromatic rings. The highest BCUT2D eigenvalue weighted by Crippen LogP contribution is 2.23. The van der Waals surface area contributed by atoms with Gasteiger partial charge >= 0.3 is 5.97 Å². The third-order valence-electron chi connectivity index (χ3n) is 4.09. The summed E-state index contributed by atoms with van der Waals surface area (Å²) < 4.78 is 18.0. The molecular weight excluding hydrogens is 387 g/mol. The standard InChI is InChI=1S/C23H19FN2O4/c1-15(27)30-19-6-4-5-17(14-19)23(29)26-21-8-3-2-7-20(21)25-22(28)13-16-9-11-18(24)12-10-16/h2-12,14H,13H2,1H3,(H,25,28)(H,26,29). The van der Waals surface area contributed by atoms with E-state index in [2.05, 4.69) is 10.6 Å². The quantitative estimate of drug-likeness (QED) is 0.475. The fourth-order valence-electron chi connectivity index (χ4n) is 2.74. The predicted molar refractivity (Wildman–Crippen MR) is 111 cm³/mol. The number of rotatable bonds is 6. The van der Waals surface area contributed by atoms with Gasteiger partial charge in [0.05, 0.1) is 17.8 Å². The lowest BCUT2D eigenvalue weighted by molar-refractivity contribution is -0.131. The zero-order valence-electron chi connectivity index (χ0n) is 16.1. The number of ether oxygens (including phenoxy) is 1. The highest BCUT2D eigenvalue weighted by Gasteiger charge is 2.12. The molecule has 2 amide bonds. The molecule has 0 aromatic heterocycles. The zero-order chi connectivity index (χ0) is 21.5. The summed E-state index contributed by atoms with van der Waals surface area (Å²) in [5.74, 6) is -1.33. The van der Waals surface area contributed by atoms with Crippen molar-refractivity contribution in [2.75, 3.05) is 10.6 Å². The molecule has 30 heavy (non-hydrogen) atoms. The van der Waals surface area contributed by atoms with Gasteiger partial charge in [0.2, 0.25) is 5.91 Å². The van der Waals surface area contributed by atoms with Crippen LogP contribution in [0.3, 0.4) is 0 Å². The van der Waals surface area contributed by atoms with Gasteiger partial charge in [0.15, 0.2) is 0 Å². The Morgan fingerprint density at radius 1 is 0.867 bits per heavy atom. The van der Waals surface area contributed by atoms with E-state index in [0.717, 1.165) is 0 Å². The van der Waals surface area contributed by atoms with Gasteiger partial charge in [-0.15, -0.1) is 0 Å². The number of hydrogen-bond donors (Lipinski definition) is 2. The fourth-order valence-corrected chi connectivity index (χ4v) is 2.74. The molecule has 0 atom stereocenters. The lowest BCUT2D eigenvalue weighted by Crippen LogP contribution is -2.18. The van der Waals surface area contributed by atoms with Crippen molar-refractivity contribution in [3.63, 3.8) is 0 Å². The summed E-state index contributed by atoms with van der Waals surface area (Å²) in [5, 5.41) is 5.49. The third-order valence-corrected chi connectivity index (χ3v) is 4.09. The van der Waals surface area contributed by atoms with Crippen LogP contribution in [-0.2, 0) is 16.0 Å². The van der Waals surface area contributed by atoms with Gasteiger partial charge in [0.1, 0.15) is 11.6 Å². The van der Waals surface area contributed by atoms with Crippen molar-refractivity contribution in [1.82, 2.24) is 0 Å². The largest absolute Gasteiger partial charge is 0.427 e. The third kappa shape index (κ3) is 5.75. The molecule has 0 saturated carbocycles. The smallest absolute Gasteiger partial charge is 0.308 e. The summed E-state index contributed by atoms with van der Waals surface area (Å²) in [6.45, 7) is 1.28. The number of carbonyl (C=O) groups excluding carboxylic acids is 3. The second-order valence-electron chi connectivity index (χ2n) is 6.47. The Kier molecular flexibility index (Phi) is 6.54. The van der Waals surface area contributed by atoms with Crippen LogP contribution >= 0.6 is 0 Å². The van der Waals surface area contributed by atoms with Gasteiger partial charge in [0.25, 0.3) is 5.91 Å². The molecule has 0 heterocycles. The van der Waals surface area contributed by atoms with Crippen molar-refractivity contribution in [2.45, 2.75) is 13.3 Å². The van der Waals surface area contributed by atoms with E-state index in [0.29, 0.717) is 22.5 Å². The molecule has 0 aliphatic heterocycles. The fraction of sp³-hybridized carbons (Fsp3) is 0.0870. The van der Waals surface area contributed by atoms with Gasteiger partial charge in [-0.3, -0.25) is 14.4 Å². The maximum atomic E-state index is 13.0. The Bertz CT molecular complexity index is 1080. The van der Waals surface area contributed by atoms with Crippen LogP contribution in [0.15, 0.2) is 72.8 Å². The van der Waals surface area contributed by atoms with Gasteiger partial charge in [0, 0.05) is 12.5 Å². The number of hydrogen-bond acceptors (Lipinski definition) is 4. The lowest BCUT2D eigenvalue weighted by Gasteiger charge is -2.13. The number of anilines is 2. The number of halogens is 1. The average molecular weight is 406 g/mol. The zero-order valence-corrected chi connectivity index (χ0v) is 16.1. The van der Waals surface area contributed by atoms with Crippen LogP contribution in [-0.4, -0.2) is 17.8 Å². The number of carbonyl (C=O) groups is 3. The van der Waals surface area contributed by atoms with Crippen LogP contribution in [0.5, 0.6) is 5.75 Å². The highest BCUT2D eigenvalue weighted by atomic mass is 19.1. The maximum Gasteiger partial charge on any atom is 0.308 e. The SMILES string of the molecule is CC(=O)Oc1cccc(C(=O)Nc2ccccc2NC(=O)Cc2ccc(F)cc2)c1. The van der Waals surface area contributed by atoms with Crippen molar-refractivity contribution < 1.29 is 23.5 Å². The lowest BCUT2D eigenvalue weighted by atomic mass is 10.1. The van der Waals surface area contributed by atoms with Gasteiger partial charge in [-0.05, 0) is 48.0 Å². The first-order valence-electron chi connectivity index (χ1n) is 9.14. The number of para-hydroxylation sites is 2. The molecule has 0 fully saturated rings. The Labute approximate surface area is 172 Å². The Morgan fingerprint density at radius 3 is 2.20 bits per heavy atom. The van der Waals surface area contributed by atoms with E-state index in [4.69, 9.17) is 4.74 Å². The molecule has 0 bridgehead atoms. The molecule has 7 heteroatoms.